The van der Waals surface area contributed by atoms with E-state index >= 15 is 0 Å². The van der Waals surface area contributed by atoms with Crippen LogP contribution in [0.4, 0.5) is 24.0 Å². The minimum Gasteiger partial charge on any atom is -0.475 e. The van der Waals surface area contributed by atoms with Gasteiger partial charge in [0.1, 0.15) is 0 Å². The zero-order valence-electron chi connectivity index (χ0n) is 22.6. The van der Waals surface area contributed by atoms with Gasteiger partial charge in [-0.2, -0.15) is 13.2 Å². The molecule has 1 aliphatic heterocycles. The maximum atomic E-state index is 12.8. The number of amides is 1. The van der Waals surface area contributed by atoms with Crippen molar-refractivity contribution in [2.75, 3.05) is 36.0 Å². The summed E-state index contributed by atoms with van der Waals surface area (Å²) < 4.78 is 59.2. The third kappa shape index (κ3) is 8.55. The largest absolute Gasteiger partial charge is 0.490 e. The van der Waals surface area contributed by atoms with E-state index in [0.717, 1.165) is 41.8 Å². The number of rotatable bonds is 7. The molecule has 1 saturated heterocycles. The summed E-state index contributed by atoms with van der Waals surface area (Å²) in [6, 6.07) is 27.9. The summed E-state index contributed by atoms with van der Waals surface area (Å²) in [6.45, 7) is 3.36. The Morgan fingerprint density at radius 2 is 1.33 bits per heavy atom. The monoisotopic (exact) mass is 632 g/mol. The Hall–Kier alpha value is -4.43. The number of nitrogens with one attached hydrogen (secondary N) is 1. The van der Waals surface area contributed by atoms with E-state index in [1.165, 1.54) is 29.2 Å². The van der Waals surface area contributed by atoms with Gasteiger partial charge in [-0.1, -0.05) is 66.7 Å². The van der Waals surface area contributed by atoms with Gasteiger partial charge in [0.25, 0.3) is 10.0 Å². The predicted molar refractivity (Wildman–Crippen MR) is 158 cm³/mol. The molecule has 5 rings (SSSR count). The van der Waals surface area contributed by atoms with Crippen LogP contribution < -0.4 is 14.5 Å². The van der Waals surface area contributed by atoms with Gasteiger partial charge in [-0.3, -0.25) is 4.79 Å². The molecule has 0 unspecified atom stereocenters. The molecular weight excluding hydrogens is 605 g/mol. The van der Waals surface area contributed by atoms with E-state index in [-0.39, 0.29) is 11.3 Å². The number of halogens is 3. The first-order valence-corrected chi connectivity index (χ1v) is 15.2. The maximum Gasteiger partial charge on any atom is 0.490 e. The number of carbonyl (C=O) groups excluding carboxylic acids is 1. The fourth-order valence-electron chi connectivity index (χ4n) is 4.20. The number of piperazine rings is 1. The lowest BCUT2D eigenvalue weighted by Gasteiger charge is -2.36. The second-order valence-corrected chi connectivity index (χ2v) is 12.0. The lowest BCUT2D eigenvalue weighted by molar-refractivity contribution is -0.192. The Morgan fingerprint density at radius 1 is 0.837 bits per heavy atom. The number of thiazole rings is 1. The minimum absolute atomic E-state index is 0.0583. The van der Waals surface area contributed by atoms with Crippen molar-refractivity contribution in [2.45, 2.75) is 17.5 Å². The molecule has 0 saturated carbocycles. The summed E-state index contributed by atoms with van der Waals surface area (Å²) in [4.78, 5) is 32.0. The van der Waals surface area contributed by atoms with Crippen LogP contribution >= 0.6 is 11.3 Å². The van der Waals surface area contributed by atoms with E-state index in [9.17, 15) is 26.4 Å². The standard InChI is InChI=1S/C27H26N4O3S2.C2HF3O2/c32-25(29-36(33,34)23-14-8-3-9-15-23)20-24-26(21-10-4-1-5-11-21)28-27(35-24)31-18-16-30(17-19-31)22-12-6-2-7-13-22;3-2(4,5)1(6)7/h1-15H,16-20H2,(H,29,32);(H,6,7). The molecular formula is C29H27F3N4O5S2. The number of hydrogen-bond acceptors (Lipinski definition) is 8. The van der Waals surface area contributed by atoms with Crippen molar-refractivity contribution in [1.82, 2.24) is 9.71 Å². The normalized spacial score (nSPS) is 13.6. The summed E-state index contributed by atoms with van der Waals surface area (Å²) in [6.07, 6.45) is -5.15. The molecule has 9 nitrogen and oxygen atoms in total. The van der Waals surface area contributed by atoms with Crippen LogP contribution in [0.2, 0.25) is 0 Å². The molecule has 0 radical (unpaired) electrons. The van der Waals surface area contributed by atoms with E-state index in [2.05, 4.69) is 26.7 Å². The van der Waals surface area contributed by atoms with Crippen LogP contribution in [-0.4, -0.2) is 62.7 Å². The van der Waals surface area contributed by atoms with Crippen LogP contribution in [0.1, 0.15) is 4.88 Å². The number of hydrogen-bond donors (Lipinski definition) is 2. The maximum absolute atomic E-state index is 12.8. The van der Waals surface area contributed by atoms with Crippen molar-refractivity contribution in [3.8, 4) is 11.3 Å². The molecule has 1 aliphatic rings. The third-order valence-electron chi connectivity index (χ3n) is 6.27. The quantitative estimate of drug-likeness (QED) is 0.298. The van der Waals surface area contributed by atoms with Crippen LogP contribution in [0.5, 0.6) is 0 Å². The van der Waals surface area contributed by atoms with Crippen LogP contribution in [-0.2, 0) is 26.0 Å². The lowest BCUT2D eigenvalue weighted by atomic mass is 10.1. The van der Waals surface area contributed by atoms with Crippen molar-refractivity contribution < 1.29 is 36.3 Å². The topological polar surface area (TPSA) is 120 Å². The number of aliphatic carboxylic acids is 1. The summed E-state index contributed by atoms with van der Waals surface area (Å²) in [5, 5.41) is 7.97. The molecule has 3 aromatic carbocycles. The number of para-hydroxylation sites is 1. The first kappa shape index (κ1) is 31.5. The second-order valence-electron chi connectivity index (χ2n) is 9.27. The van der Waals surface area contributed by atoms with Gasteiger partial charge in [0.15, 0.2) is 5.13 Å². The molecule has 2 heterocycles. The molecule has 43 heavy (non-hydrogen) atoms. The van der Waals surface area contributed by atoms with Crippen LogP contribution in [0.25, 0.3) is 11.3 Å². The lowest BCUT2D eigenvalue weighted by Crippen LogP contribution is -2.46. The number of nitrogens with zero attached hydrogens (tertiary/aromatic N) is 3. The van der Waals surface area contributed by atoms with Crippen LogP contribution in [0.3, 0.4) is 0 Å². The van der Waals surface area contributed by atoms with Crippen molar-refractivity contribution in [3.05, 3.63) is 95.9 Å². The van der Waals surface area contributed by atoms with E-state index in [0.29, 0.717) is 5.69 Å². The van der Waals surface area contributed by atoms with E-state index in [1.54, 1.807) is 18.2 Å². The van der Waals surface area contributed by atoms with E-state index in [1.807, 2.05) is 48.5 Å². The molecule has 1 fully saturated rings. The van der Waals surface area contributed by atoms with Crippen molar-refractivity contribution in [2.24, 2.45) is 0 Å². The van der Waals surface area contributed by atoms with Gasteiger partial charge in [0, 0.05) is 42.3 Å². The van der Waals surface area contributed by atoms with Gasteiger partial charge in [-0.25, -0.2) is 22.9 Å². The fraction of sp³-hybridized carbons (Fsp3) is 0.207. The summed E-state index contributed by atoms with van der Waals surface area (Å²) >= 11 is 1.45. The third-order valence-corrected chi connectivity index (χ3v) is 8.78. The molecule has 0 atom stereocenters. The molecule has 0 bridgehead atoms. The molecule has 1 aromatic heterocycles. The number of alkyl halides is 3. The number of aromatic nitrogens is 1. The Morgan fingerprint density at radius 3 is 1.86 bits per heavy atom. The van der Waals surface area contributed by atoms with Crippen LogP contribution in [0, 0.1) is 0 Å². The van der Waals surface area contributed by atoms with Gasteiger partial charge in [0.05, 0.1) is 17.0 Å². The number of sulfonamides is 1. The van der Waals surface area contributed by atoms with Gasteiger partial charge < -0.3 is 14.9 Å². The summed E-state index contributed by atoms with van der Waals surface area (Å²) in [5.74, 6) is -3.34. The zero-order valence-corrected chi connectivity index (χ0v) is 24.2. The summed E-state index contributed by atoms with van der Waals surface area (Å²) in [7, 11) is -3.93. The average molecular weight is 633 g/mol. The molecule has 0 aliphatic carbocycles. The number of carboxylic acid groups (broad SMARTS) is 1. The zero-order chi connectivity index (χ0) is 31.0. The minimum atomic E-state index is -5.08. The van der Waals surface area contributed by atoms with E-state index in [4.69, 9.17) is 14.9 Å². The van der Waals surface area contributed by atoms with Crippen molar-refractivity contribution in [3.63, 3.8) is 0 Å². The molecule has 4 aromatic rings. The predicted octanol–water partition coefficient (Wildman–Crippen LogP) is 4.82. The Labute approximate surface area is 250 Å². The Bertz CT molecular complexity index is 1630. The molecule has 0 spiro atoms. The highest BCUT2D eigenvalue weighted by Gasteiger charge is 2.38. The number of anilines is 2. The SMILES string of the molecule is O=C(Cc1sc(N2CCN(c3ccccc3)CC2)nc1-c1ccccc1)NS(=O)(=O)c1ccccc1.O=C(O)C(F)(F)F. The fourth-order valence-corrected chi connectivity index (χ4v) is 6.34. The molecule has 14 heteroatoms. The highest BCUT2D eigenvalue weighted by atomic mass is 32.2. The summed E-state index contributed by atoms with van der Waals surface area (Å²) in [5.41, 5.74) is 2.82. The van der Waals surface area contributed by atoms with Gasteiger partial charge in [0.2, 0.25) is 5.91 Å². The second kappa shape index (κ2) is 13.7. The number of carbonyl (C=O) groups is 2. The van der Waals surface area contributed by atoms with Crippen LogP contribution in [0.15, 0.2) is 95.9 Å². The number of carboxylic acids is 1. The highest BCUT2D eigenvalue weighted by Crippen LogP contribution is 2.34. The molecule has 226 valence electrons. The van der Waals surface area contributed by atoms with Gasteiger partial charge in [-0.05, 0) is 24.3 Å². The van der Waals surface area contributed by atoms with Gasteiger partial charge in [-0.15, -0.1) is 11.3 Å². The smallest absolute Gasteiger partial charge is 0.475 e. The van der Waals surface area contributed by atoms with Gasteiger partial charge >= 0.3 is 12.1 Å². The molecule has 1 amide bonds. The van der Waals surface area contributed by atoms with Crippen molar-refractivity contribution >= 4 is 44.1 Å². The van der Waals surface area contributed by atoms with Crippen molar-refractivity contribution in [1.29, 1.82) is 0 Å². The highest BCUT2D eigenvalue weighted by molar-refractivity contribution is 7.90. The Balaban J connectivity index is 0.000000541. The first-order chi connectivity index (χ1) is 20.4. The average Bonchev–Trinajstić information content (AvgIpc) is 3.41. The molecule has 2 N–H and O–H groups in total. The van der Waals surface area contributed by atoms with E-state index < -0.39 is 28.1 Å². The number of benzene rings is 3. The Kier molecular flexibility index (Phi) is 10.0. The first-order valence-electron chi connectivity index (χ1n) is 12.9.